The van der Waals surface area contributed by atoms with Crippen LogP contribution in [0.3, 0.4) is 0 Å². The Labute approximate surface area is 183 Å². The lowest BCUT2D eigenvalue weighted by Crippen LogP contribution is -2.37. The minimum atomic E-state index is -0.0229. The van der Waals surface area contributed by atoms with Gasteiger partial charge in [0.15, 0.2) is 0 Å². The van der Waals surface area contributed by atoms with Crippen molar-refractivity contribution in [1.82, 2.24) is 10.1 Å². The summed E-state index contributed by atoms with van der Waals surface area (Å²) in [5.74, 6) is 1.49. The topological polar surface area (TPSA) is 58.8 Å². The Morgan fingerprint density at radius 1 is 1.10 bits per heavy atom. The van der Waals surface area contributed by atoms with Gasteiger partial charge in [-0.05, 0) is 51.0 Å². The monoisotopic (exact) mass is 419 g/mol. The first-order valence-electron chi connectivity index (χ1n) is 10.8. The van der Waals surface area contributed by atoms with Crippen molar-refractivity contribution in [2.24, 2.45) is 0 Å². The number of nitrogens with zero attached hydrogens (tertiary/aromatic N) is 3. The number of carbonyl (C=O) groups excluding carboxylic acids is 1. The molecule has 31 heavy (non-hydrogen) atoms. The van der Waals surface area contributed by atoms with Gasteiger partial charge in [0.2, 0.25) is 5.88 Å². The first kappa shape index (κ1) is 21.0. The quantitative estimate of drug-likeness (QED) is 0.539. The van der Waals surface area contributed by atoms with Crippen molar-refractivity contribution in [2.75, 3.05) is 25.1 Å². The molecule has 1 saturated heterocycles. The molecule has 0 aliphatic carbocycles. The van der Waals surface area contributed by atoms with Crippen molar-refractivity contribution in [1.29, 1.82) is 0 Å². The fourth-order valence-electron chi connectivity index (χ4n) is 3.99. The highest BCUT2D eigenvalue weighted by Gasteiger charge is 2.29. The second-order valence-corrected chi connectivity index (χ2v) is 8.13. The van der Waals surface area contributed by atoms with Gasteiger partial charge in [-0.1, -0.05) is 35.5 Å². The van der Waals surface area contributed by atoms with Crippen LogP contribution in [0.5, 0.6) is 5.75 Å². The summed E-state index contributed by atoms with van der Waals surface area (Å²) in [4.78, 5) is 17.5. The number of hydrogen-bond donors (Lipinski definition) is 0. The van der Waals surface area contributed by atoms with Gasteiger partial charge in [-0.3, -0.25) is 4.79 Å². The van der Waals surface area contributed by atoms with E-state index in [1.807, 2.05) is 73.3 Å². The van der Waals surface area contributed by atoms with E-state index in [2.05, 4.69) is 10.1 Å². The predicted molar refractivity (Wildman–Crippen MR) is 121 cm³/mol. The summed E-state index contributed by atoms with van der Waals surface area (Å²) in [6.07, 6.45) is 2.28. The van der Waals surface area contributed by atoms with Crippen molar-refractivity contribution < 1.29 is 14.1 Å². The summed E-state index contributed by atoms with van der Waals surface area (Å²) >= 11 is 0. The van der Waals surface area contributed by atoms with Crippen molar-refractivity contribution in [3.05, 3.63) is 65.7 Å². The molecule has 0 saturated carbocycles. The normalized spacial score (nSPS) is 13.6. The average Bonchev–Trinajstić information content (AvgIpc) is 3.47. The predicted octanol–water partition coefficient (Wildman–Crippen LogP) is 5.00. The highest BCUT2D eigenvalue weighted by molar-refractivity contribution is 5.94. The van der Waals surface area contributed by atoms with Crippen LogP contribution in [0.1, 0.15) is 42.6 Å². The highest BCUT2D eigenvalue weighted by atomic mass is 16.5. The third kappa shape index (κ3) is 4.43. The Morgan fingerprint density at radius 2 is 1.77 bits per heavy atom. The molecule has 2 heterocycles. The zero-order valence-electron chi connectivity index (χ0n) is 18.4. The van der Waals surface area contributed by atoms with Gasteiger partial charge in [-0.2, -0.15) is 0 Å². The maximum absolute atomic E-state index is 13.4. The van der Waals surface area contributed by atoms with E-state index in [1.165, 1.54) is 0 Å². The van der Waals surface area contributed by atoms with Crippen LogP contribution in [0.2, 0.25) is 0 Å². The number of anilines is 1. The van der Waals surface area contributed by atoms with Crippen molar-refractivity contribution in [3.63, 3.8) is 0 Å². The lowest BCUT2D eigenvalue weighted by atomic mass is 10.1. The minimum absolute atomic E-state index is 0.0135. The van der Waals surface area contributed by atoms with Gasteiger partial charge in [0.25, 0.3) is 5.91 Å². The van der Waals surface area contributed by atoms with Gasteiger partial charge in [0, 0.05) is 30.3 Å². The first-order chi connectivity index (χ1) is 15.1. The molecule has 6 heteroatoms. The number of ether oxygens (including phenoxy) is 1. The van der Waals surface area contributed by atoms with Crippen molar-refractivity contribution >= 4 is 11.8 Å². The number of amides is 1. The van der Waals surface area contributed by atoms with E-state index in [-0.39, 0.29) is 11.9 Å². The van der Waals surface area contributed by atoms with E-state index in [0.717, 1.165) is 54.4 Å². The van der Waals surface area contributed by atoms with Gasteiger partial charge in [0.05, 0.1) is 19.2 Å². The molecular formula is C25H29N3O3. The van der Waals surface area contributed by atoms with Crippen LogP contribution in [-0.4, -0.2) is 42.2 Å². The molecule has 0 atom stereocenters. The molecule has 6 nitrogen and oxygen atoms in total. The molecule has 0 spiro atoms. The molecule has 4 rings (SSSR count). The summed E-state index contributed by atoms with van der Waals surface area (Å²) < 4.78 is 11.1. The largest absolute Gasteiger partial charge is 0.497 e. The summed E-state index contributed by atoms with van der Waals surface area (Å²) in [6.45, 7) is 6.40. The summed E-state index contributed by atoms with van der Waals surface area (Å²) in [5, 5.41) is 4.43. The zero-order chi connectivity index (χ0) is 21.8. The number of methoxy groups -OCH3 is 1. The Hall–Kier alpha value is -3.28. The Morgan fingerprint density at radius 3 is 2.39 bits per heavy atom. The maximum atomic E-state index is 13.4. The van der Waals surface area contributed by atoms with Crippen LogP contribution in [0.4, 0.5) is 5.88 Å². The van der Waals surface area contributed by atoms with E-state index in [1.54, 1.807) is 7.11 Å². The second-order valence-electron chi connectivity index (χ2n) is 8.13. The molecule has 1 aromatic heterocycles. The molecule has 0 radical (unpaired) electrons. The van der Waals surface area contributed by atoms with E-state index in [4.69, 9.17) is 9.26 Å². The molecule has 162 valence electrons. The average molecular weight is 420 g/mol. The van der Waals surface area contributed by atoms with Gasteiger partial charge in [-0.25, -0.2) is 0 Å². The van der Waals surface area contributed by atoms with Crippen LogP contribution in [0.25, 0.3) is 11.3 Å². The number of benzene rings is 2. The van der Waals surface area contributed by atoms with Crippen LogP contribution in [0, 0.1) is 0 Å². The third-order valence-corrected chi connectivity index (χ3v) is 5.76. The zero-order valence-corrected chi connectivity index (χ0v) is 18.4. The molecule has 1 aliphatic heterocycles. The van der Waals surface area contributed by atoms with Crippen LogP contribution >= 0.6 is 0 Å². The fourth-order valence-corrected chi connectivity index (χ4v) is 3.99. The lowest BCUT2D eigenvalue weighted by molar-refractivity contribution is 0.0690. The van der Waals surface area contributed by atoms with Crippen LogP contribution < -0.4 is 9.64 Å². The Bertz CT molecular complexity index is 1010. The van der Waals surface area contributed by atoms with Crippen LogP contribution in [-0.2, 0) is 6.54 Å². The molecular weight excluding hydrogens is 390 g/mol. The third-order valence-electron chi connectivity index (χ3n) is 5.76. The number of hydrogen-bond acceptors (Lipinski definition) is 5. The molecule has 1 fully saturated rings. The molecule has 1 aliphatic rings. The number of aromatic nitrogens is 1. The molecule has 0 unspecified atom stereocenters. The standard InChI is InChI=1S/C25H29N3O3/c1-18(2)28(24(29)20-11-13-21(30-3)14-12-20)17-22-23(19-9-5-4-6-10-19)26-31-25(22)27-15-7-8-16-27/h4-6,9-14,18H,7-8,15-17H2,1-3H3. The van der Waals surface area contributed by atoms with E-state index >= 15 is 0 Å². The highest BCUT2D eigenvalue weighted by Crippen LogP contribution is 2.34. The minimum Gasteiger partial charge on any atom is -0.497 e. The Kier molecular flexibility index (Phi) is 6.26. The van der Waals surface area contributed by atoms with Crippen molar-refractivity contribution in [3.8, 4) is 17.0 Å². The van der Waals surface area contributed by atoms with E-state index in [9.17, 15) is 4.79 Å². The smallest absolute Gasteiger partial charge is 0.254 e. The number of carbonyl (C=O) groups is 1. The number of rotatable bonds is 7. The summed E-state index contributed by atoms with van der Waals surface area (Å²) in [5.41, 5.74) is 3.39. The maximum Gasteiger partial charge on any atom is 0.254 e. The van der Waals surface area contributed by atoms with Gasteiger partial charge < -0.3 is 19.1 Å². The van der Waals surface area contributed by atoms with E-state index in [0.29, 0.717) is 12.1 Å². The van der Waals surface area contributed by atoms with Crippen molar-refractivity contribution in [2.45, 2.75) is 39.3 Å². The lowest BCUT2D eigenvalue weighted by Gasteiger charge is -2.28. The van der Waals surface area contributed by atoms with E-state index < -0.39 is 0 Å². The van der Waals surface area contributed by atoms with Gasteiger partial charge in [-0.15, -0.1) is 0 Å². The molecule has 3 aromatic rings. The summed E-state index contributed by atoms with van der Waals surface area (Å²) in [7, 11) is 1.62. The molecule has 2 aromatic carbocycles. The Balaban J connectivity index is 1.70. The SMILES string of the molecule is COc1ccc(C(=O)N(Cc2c(-c3ccccc3)noc2N2CCCC2)C(C)C)cc1. The van der Waals surface area contributed by atoms with Gasteiger partial charge in [0.1, 0.15) is 11.4 Å². The molecule has 1 amide bonds. The fraction of sp³-hybridized carbons (Fsp3) is 0.360. The summed E-state index contributed by atoms with van der Waals surface area (Å²) in [6, 6.07) is 17.3. The second kappa shape index (κ2) is 9.25. The van der Waals surface area contributed by atoms with Gasteiger partial charge >= 0.3 is 0 Å². The molecule has 0 bridgehead atoms. The van der Waals surface area contributed by atoms with Crippen LogP contribution in [0.15, 0.2) is 59.1 Å². The first-order valence-corrected chi connectivity index (χ1v) is 10.8. The molecule has 0 N–H and O–H groups in total.